The normalized spacial score (nSPS) is 12.0. The van der Waals surface area contributed by atoms with E-state index < -0.39 is 7.26 Å². The first-order chi connectivity index (χ1) is 14.4. The molecule has 0 heterocycles. The van der Waals surface area contributed by atoms with Crippen molar-refractivity contribution in [2.75, 3.05) is 6.16 Å². The smallest absolute Gasteiger partial charge is 0.0917 e. The lowest BCUT2D eigenvalue weighted by Gasteiger charge is -2.27. The fourth-order valence-corrected chi connectivity index (χ4v) is 8.29. The lowest BCUT2D eigenvalue weighted by atomic mass is 10.2. The van der Waals surface area contributed by atoms with E-state index in [0.717, 1.165) is 19.3 Å². The predicted molar refractivity (Wildman–Crippen MR) is 132 cm³/mol. The van der Waals surface area contributed by atoms with Gasteiger partial charge in [-0.25, -0.2) is 0 Å². The zero-order valence-corrected chi connectivity index (χ0v) is 18.3. The Morgan fingerprint density at radius 1 is 0.552 bits per heavy atom. The summed E-state index contributed by atoms with van der Waals surface area (Å²) >= 11 is 0. The van der Waals surface area contributed by atoms with Gasteiger partial charge in [-0.05, 0) is 69.0 Å². The summed E-state index contributed by atoms with van der Waals surface area (Å²) in [7, 11) is -1.66. The van der Waals surface area contributed by atoms with Crippen LogP contribution in [0.4, 0.5) is 0 Å². The second-order valence-electron chi connectivity index (χ2n) is 7.30. The van der Waals surface area contributed by atoms with Crippen LogP contribution in [-0.4, -0.2) is 6.16 Å². The van der Waals surface area contributed by atoms with Gasteiger partial charge in [0.05, 0.1) is 6.16 Å². The van der Waals surface area contributed by atoms with Crippen LogP contribution in [0.1, 0.15) is 32.6 Å². The molecule has 29 heavy (non-hydrogen) atoms. The number of benzene rings is 3. The van der Waals surface area contributed by atoms with Crippen LogP contribution in [0.25, 0.3) is 0 Å². The van der Waals surface area contributed by atoms with Gasteiger partial charge in [0.15, 0.2) is 0 Å². The zero-order chi connectivity index (χ0) is 20.2. The largest absolute Gasteiger partial charge is 0.112 e. The molecule has 0 aliphatic carbocycles. The Kier molecular flexibility index (Phi) is 8.47. The quantitative estimate of drug-likeness (QED) is 0.203. The van der Waals surface area contributed by atoms with E-state index in [0.29, 0.717) is 0 Å². The SMILES string of the molecule is CC=CCCC=CCCC[P+](c1ccccc1)(c1ccccc1)c1ccccc1. The molecule has 0 spiro atoms. The number of unbranched alkanes of at least 4 members (excludes halogenated alkanes) is 2. The molecule has 0 saturated carbocycles. The monoisotopic (exact) mass is 399 g/mol. The minimum absolute atomic E-state index is 1.14. The van der Waals surface area contributed by atoms with Crippen molar-refractivity contribution in [2.45, 2.75) is 32.6 Å². The van der Waals surface area contributed by atoms with Crippen molar-refractivity contribution in [3.8, 4) is 0 Å². The van der Waals surface area contributed by atoms with E-state index in [1.165, 1.54) is 28.5 Å². The van der Waals surface area contributed by atoms with Gasteiger partial charge in [-0.3, -0.25) is 0 Å². The van der Waals surface area contributed by atoms with Crippen molar-refractivity contribution in [2.24, 2.45) is 0 Å². The van der Waals surface area contributed by atoms with E-state index in [4.69, 9.17) is 0 Å². The van der Waals surface area contributed by atoms with Gasteiger partial charge < -0.3 is 0 Å². The second kappa shape index (κ2) is 11.5. The van der Waals surface area contributed by atoms with Crippen molar-refractivity contribution < 1.29 is 0 Å². The predicted octanol–water partition coefficient (Wildman–Crippen LogP) is 6.67. The van der Waals surface area contributed by atoms with E-state index >= 15 is 0 Å². The van der Waals surface area contributed by atoms with E-state index in [2.05, 4.69) is 122 Å². The van der Waals surface area contributed by atoms with Crippen LogP contribution in [0.3, 0.4) is 0 Å². The summed E-state index contributed by atoms with van der Waals surface area (Å²) in [5.74, 6) is 0. The third kappa shape index (κ3) is 5.55. The fourth-order valence-electron chi connectivity index (χ4n) is 3.92. The van der Waals surface area contributed by atoms with Gasteiger partial charge in [-0.15, -0.1) is 0 Å². The molecule has 3 aromatic rings. The summed E-state index contributed by atoms with van der Waals surface area (Å²) in [4.78, 5) is 0. The maximum absolute atomic E-state index is 2.37. The summed E-state index contributed by atoms with van der Waals surface area (Å²) in [5, 5.41) is 4.44. The van der Waals surface area contributed by atoms with Crippen LogP contribution in [0.2, 0.25) is 0 Å². The highest BCUT2D eigenvalue weighted by Gasteiger charge is 2.44. The molecule has 1 heteroatoms. The number of hydrogen-bond donors (Lipinski definition) is 0. The molecule has 3 rings (SSSR count). The highest BCUT2D eigenvalue weighted by molar-refractivity contribution is 7.95. The summed E-state index contributed by atoms with van der Waals surface area (Å²) in [5.41, 5.74) is 0. The Morgan fingerprint density at radius 3 is 1.41 bits per heavy atom. The molecule has 0 amide bonds. The van der Waals surface area contributed by atoms with Crippen LogP contribution in [0.15, 0.2) is 115 Å². The van der Waals surface area contributed by atoms with Crippen LogP contribution >= 0.6 is 7.26 Å². The van der Waals surface area contributed by atoms with E-state index in [9.17, 15) is 0 Å². The van der Waals surface area contributed by atoms with Crippen molar-refractivity contribution in [1.82, 2.24) is 0 Å². The number of allylic oxidation sites excluding steroid dienone is 4. The Hall–Kier alpha value is -2.43. The van der Waals surface area contributed by atoms with Crippen LogP contribution in [-0.2, 0) is 0 Å². The molecule has 0 saturated heterocycles. The molecule has 148 valence electrons. The first kappa shape index (κ1) is 21.3. The minimum atomic E-state index is -1.66. The average Bonchev–Trinajstić information content (AvgIpc) is 2.80. The van der Waals surface area contributed by atoms with Crippen molar-refractivity contribution in [3.05, 3.63) is 115 Å². The Morgan fingerprint density at radius 2 is 0.966 bits per heavy atom. The third-order valence-corrected chi connectivity index (χ3v) is 9.88. The van der Waals surface area contributed by atoms with Gasteiger partial charge in [0.25, 0.3) is 0 Å². The Bertz CT molecular complexity index is 783. The highest BCUT2D eigenvalue weighted by Crippen LogP contribution is 2.55. The summed E-state index contributed by atoms with van der Waals surface area (Å²) in [6.07, 6.45) is 14.9. The molecule has 0 aliphatic rings. The summed E-state index contributed by atoms with van der Waals surface area (Å²) < 4.78 is 0. The topological polar surface area (TPSA) is 0 Å². The van der Waals surface area contributed by atoms with Gasteiger partial charge in [0.1, 0.15) is 23.2 Å². The summed E-state index contributed by atoms with van der Waals surface area (Å²) in [6, 6.07) is 33.5. The second-order valence-corrected chi connectivity index (χ2v) is 10.9. The number of hydrogen-bond acceptors (Lipinski definition) is 0. The van der Waals surface area contributed by atoms with Crippen molar-refractivity contribution in [1.29, 1.82) is 0 Å². The van der Waals surface area contributed by atoms with Gasteiger partial charge >= 0.3 is 0 Å². The molecule has 0 fully saturated rings. The van der Waals surface area contributed by atoms with Crippen LogP contribution in [0.5, 0.6) is 0 Å². The molecular formula is C28H32P+. The highest BCUT2D eigenvalue weighted by atomic mass is 31.2. The molecule has 0 aliphatic heterocycles. The lowest BCUT2D eigenvalue weighted by molar-refractivity contribution is 0.948. The molecular weight excluding hydrogens is 367 g/mol. The first-order valence-corrected chi connectivity index (χ1v) is 12.7. The third-order valence-electron chi connectivity index (χ3n) is 5.36. The van der Waals surface area contributed by atoms with Gasteiger partial charge in [0.2, 0.25) is 0 Å². The standard InChI is InChI=1S/C28H32P/c1-2-3-4-5-6-7-8-18-25-29(26-19-12-9-13-20-26,27-21-14-10-15-22-27)28-23-16-11-17-24-28/h2-3,6-7,9-17,19-24H,4-5,8,18,25H2,1H3/q+1. The Balaban J connectivity index is 1.91. The molecule has 0 atom stereocenters. The average molecular weight is 400 g/mol. The number of rotatable bonds is 10. The molecule has 0 aromatic heterocycles. The molecule has 3 aromatic carbocycles. The molecule has 0 nitrogen and oxygen atoms in total. The van der Waals surface area contributed by atoms with Crippen LogP contribution < -0.4 is 15.9 Å². The minimum Gasteiger partial charge on any atom is -0.0917 e. The molecule has 0 bridgehead atoms. The fraction of sp³-hybridized carbons (Fsp3) is 0.214. The molecule has 0 N–H and O–H groups in total. The molecule has 0 radical (unpaired) electrons. The molecule has 0 unspecified atom stereocenters. The lowest BCUT2D eigenvalue weighted by Crippen LogP contribution is -2.33. The zero-order valence-electron chi connectivity index (χ0n) is 17.5. The maximum Gasteiger partial charge on any atom is 0.112 e. The Labute approximate surface area is 177 Å². The summed E-state index contributed by atoms with van der Waals surface area (Å²) in [6.45, 7) is 2.09. The first-order valence-electron chi connectivity index (χ1n) is 10.7. The van der Waals surface area contributed by atoms with Crippen LogP contribution in [0, 0.1) is 0 Å². The van der Waals surface area contributed by atoms with Gasteiger partial charge in [-0.1, -0.05) is 78.9 Å². The van der Waals surface area contributed by atoms with Crippen molar-refractivity contribution in [3.63, 3.8) is 0 Å². The van der Waals surface area contributed by atoms with E-state index in [-0.39, 0.29) is 0 Å². The van der Waals surface area contributed by atoms with Crippen molar-refractivity contribution >= 4 is 23.2 Å². The van der Waals surface area contributed by atoms with E-state index in [1.807, 2.05) is 0 Å². The van der Waals surface area contributed by atoms with Gasteiger partial charge in [-0.2, -0.15) is 0 Å². The van der Waals surface area contributed by atoms with Gasteiger partial charge in [0, 0.05) is 0 Å². The maximum atomic E-state index is 2.37. The van der Waals surface area contributed by atoms with E-state index in [1.54, 1.807) is 0 Å².